The number of amides is 2. The van der Waals surface area contributed by atoms with Gasteiger partial charge in [-0.1, -0.05) is 18.2 Å². The number of rotatable bonds is 3. The summed E-state index contributed by atoms with van der Waals surface area (Å²) in [6.07, 6.45) is 1.48. The van der Waals surface area contributed by atoms with E-state index in [2.05, 4.69) is 0 Å². The van der Waals surface area contributed by atoms with Crippen LogP contribution < -0.4 is 4.90 Å². The number of nitrogens with zero attached hydrogens (tertiary/aromatic N) is 2. The molecule has 1 atom stereocenters. The van der Waals surface area contributed by atoms with Gasteiger partial charge in [0.15, 0.2) is 6.61 Å². The molecule has 0 aliphatic carbocycles. The molecule has 27 heavy (non-hydrogen) atoms. The number of ether oxygens (including phenoxy) is 2. The molecule has 0 aromatic heterocycles. The molecule has 1 aromatic carbocycles. The molecule has 2 aliphatic rings. The van der Waals surface area contributed by atoms with Crippen molar-refractivity contribution in [1.82, 2.24) is 4.90 Å². The zero-order valence-electron chi connectivity index (χ0n) is 16.1. The van der Waals surface area contributed by atoms with Crippen LogP contribution in [0.5, 0.6) is 0 Å². The third kappa shape index (κ3) is 4.40. The molecule has 2 aliphatic heterocycles. The first-order valence-corrected chi connectivity index (χ1v) is 9.31. The first kappa shape index (κ1) is 19.2. The molecule has 2 amide bonds. The van der Waals surface area contributed by atoms with Gasteiger partial charge in [0, 0.05) is 18.8 Å². The van der Waals surface area contributed by atoms with Gasteiger partial charge in [-0.3, -0.25) is 9.69 Å². The lowest BCUT2D eigenvalue weighted by molar-refractivity contribution is -0.152. The van der Waals surface area contributed by atoms with Gasteiger partial charge >= 0.3 is 12.1 Å². The summed E-state index contributed by atoms with van der Waals surface area (Å²) in [5.41, 5.74) is 1.35. The Morgan fingerprint density at radius 3 is 2.63 bits per heavy atom. The fraction of sp³-hybridized carbons (Fsp3) is 0.550. The molecule has 7 heteroatoms. The maximum Gasteiger partial charge on any atom is 0.411 e. The topological polar surface area (TPSA) is 76.1 Å². The van der Waals surface area contributed by atoms with Gasteiger partial charge in [-0.15, -0.1) is 0 Å². The zero-order valence-corrected chi connectivity index (χ0v) is 16.1. The Bertz CT molecular complexity index is 740. The summed E-state index contributed by atoms with van der Waals surface area (Å²) >= 11 is 0. The Hall–Kier alpha value is -2.57. The van der Waals surface area contributed by atoms with Crippen molar-refractivity contribution in [3.8, 4) is 0 Å². The molecule has 0 unspecified atom stereocenters. The summed E-state index contributed by atoms with van der Waals surface area (Å²) in [4.78, 5) is 40.2. The third-order valence-electron chi connectivity index (χ3n) is 4.68. The van der Waals surface area contributed by atoms with Gasteiger partial charge in [-0.25, -0.2) is 9.59 Å². The maximum absolute atomic E-state index is 12.5. The van der Waals surface area contributed by atoms with E-state index in [1.165, 1.54) is 4.90 Å². The lowest BCUT2D eigenvalue weighted by Crippen LogP contribution is -2.44. The summed E-state index contributed by atoms with van der Waals surface area (Å²) in [5.74, 6) is -0.811. The van der Waals surface area contributed by atoms with Crippen LogP contribution in [0.1, 0.15) is 39.2 Å². The van der Waals surface area contributed by atoms with E-state index in [0.29, 0.717) is 25.9 Å². The number of anilines is 1. The van der Waals surface area contributed by atoms with Crippen molar-refractivity contribution in [2.75, 3.05) is 24.6 Å². The second kappa shape index (κ2) is 7.58. The number of fused-ring (bicyclic) bond motifs is 1. The maximum atomic E-state index is 12.5. The van der Waals surface area contributed by atoms with Crippen molar-refractivity contribution in [2.45, 2.75) is 51.7 Å². The SMILES string of the molecule is CC(C)(C)OC(=O)N1CCC[C@H]1C(=O)OCC(=O)N1CCc2ccccc21. The first-order chi connectivity index (χ1) is 12.8. The number of hydrogen-bond donors (Lipinski definition) is 0. The van der Waals surface area contributed by atoms with Crippen molar-refractivity contribution in [3.05, 3.63) is 29.8 Å². The van der Waals surface area contributed by atoms with Crippen LogP contribution in [0.25, 0.3) is 0 Å². The largest absolute Gasteiger partial charge is 0.454 e. The lowest BCUT2D eigenvalue weighted by Gasteiger charge is -2.27. The summed E-state index contributed by atoms with van der Waals surface area (Å²) < 4.78 is 10.6. The van der Waals surface area contributed by atoms with Gasteiger partial charge < -0.3 is 14.4 Å². The third-order valence-corrected chi connectivity index (χ3v) is 4.68. The smallest absolute Gasteiger partial charge is 0.411 e. The Morgan fingerprint density at radius 1 is 1.15 bits per heavy atom. The normalized spacial score (nSPS) is 19.0. The molecule has 0 bridgehead atoms. The molecule has 7 nitrogen and oxygen atoms in total. The monoisotopic (exact) mass is 374 g/mol. The van der Waals surface area contributed by atoms with Crippen molar-refractivity contribution in [3.63, 3.8) is 0 Å². The molecule has 1 fully saturated rings. The number of carbonyl (C=O) groups is 3. The van der Waals surface area contributed by atoms with Crippen LogP contribution >= 0.6 is 0 Å². The minimum atomic E-state index is -0.696. The van der Waals surface area contributed by atoms with Crippen molar-refractivity contribution >= 4 is 23.7 Å². The second-order valence-corrected chi connectivity index (χ2v) is 7.86. The standard InChI is InChI=1S/C20H26N2O5/c1-20(2,3)27-19(25)22-11-6-9-16(22)18(24)26-13-17(23)21-12-10-14-7-4-5-8-15(14)21/h4-5,7-8,16H,6,9-13H2,1-3H3/t16-/m0/s1. The molecule has 0 N–H and O–H groups in total. The summed E-state index contributed by atoms with van der Waals surface area (Å²) in [5, 5.41) is 0. The van der Waals surface area contributed by atoms with Gasteiger partial charge in [0.2, 0.25) is 0 Å². The van der Waals surface area contributed by atoms with Gasteiger partial charge in [0.1, 0.15) is 11.6 Å². The predicted molar refractivity (Wildman–Crippen MR) is 99.4 cm³/mol. The minimum Gasteiger partial charge on any atom is -0.454 e. The average Bonchev–Trinajstić information content (AvgIpc) is 3.24. The molecule has 146 valence electrons. The van der Waals surface area contributed by atoms with E-state index in [1.54, 1.807) is 25.7 Å². The van der Waals surface area contributed by atoms with Crippen LogP contribution in [0.4, 0.5) is 10.5 Å². The fourth-order valence-corrected chi connectivity index (χ4v) is 3.46. The highest BCUT2D eigenvalue weighted by atomic mass is 16.6. The highest BCUT2D eigenvalue weighted by molar-refractivity contribution is 5.97. The minimum absolute atomic E-state index is 0.255. The number of carbonyl (C=O) groups excluding carboxylic acids is 3. The van der Waals surface area contributed by atoms with E-state index in [1.807, 2.05) is 24.3 Å². The lowest BCUT2D eigenvalue weighted by atomic mass is 10.2. The molecule has 2 heterocycles. The fourth-order valence-electron chi connectivity index (χ4n) is 3.46. The van der Waals surface area contributed by atoms with Crippen molar-refractivity contribution in [1.29, 1.82) is 0 Å². The highest BCUT2D eigenvalue weighted by Crippen LogP contribution is 2.27. The van der Waals surface area contributed by atoms with Gasteiger partial charge in [0.05, 0.1) is 0 Å². The van der Waals surface area contributed by atoms with Crippen LogP contribution in [0, 0.1) is 0 Å². The summed E-state index contributed by atoms with van der Waals surface area (Å²) in [7, 11) is 0. The van der Waals surface area contributed by atoms with E-state index in [9.17, 15) is 14.4 Å². The first-order valence-electron chi connectivity index (χ1n) is 9.31. The van der Waals surface area contributed by atoms with Crippen molar-refractivity contribution < 1.29 is 23.9 Å². The molecule has 0 saturated carbocycles. The molecule has 0 spiro atoms. The average molecular weight is 374 g/mol. The number of hydrogen-bond acceptors (Lipinski definition) is 5. The number of para-hydroxylation sites is 1. The number of benzene rings is 1. The number of likely N-dealkylation sites (tertiary alicyclic amines) is 1. The van der Waals surface area contributed by atoms with E-state index in [0.717, 1.165) is 17.7 Å². The van der Waals surface area contributed by atoms with E-state index in [-0.39, 0.29) is 12.5 Å². The molecule has 0 radical (unpaired) electrons. The molecular weight excluding hydrogens is 348 g/mol. The van der Waals surface area contributed by atoms with E-state index >= 15 is 0 Å². The van der Waals surface area contributed by atoms with E-state index < -0.39 is 23.7 Å². The molecular formula is C20H26N2O5. The number of esters is 1. The molecule has 1 aromatic rings. The Labute approximate surface area is 159 Å². The Balaban J connectivity index is 1.56. The summed E-state index contributed by atoms with van der Waals surface area (Å²) in [6.45, 7) is 6.04. The Kier molecular flexibility index (Phi) is 5.39. The molecule has 3 rings (SSSR count). The quantitative estimate of drug-likeness (QED) is 0.760. The van der Waals surface area contributed by atoms with Crippen LogP contribution in [0.3, 0.4) is 0 Å². The predicted octanol–water partition coefficient (Wildman–Crippen LogP) is 2.52. The highest BCUT2D eigenvalue weighted by Gasteiger charge is 2.38. The Morgan fingerprint density at radius 2 is 1.89 bits per heavy atom. The van der Waals surface area contributed by atoms with Crippen molar-refractivity contribution in [2.24, 2.45) is 0 Å². The molecule has 1 saturated heterocycles. The van der Waals surface area contributed by atoms with Crippen LogP contribution in [0.15, 0.2) is 24.3 Å². The zero-order chi connectivity index (χ0) is 19.6. The van der Waals surface area contributed by atoms with Crippen LogP contribution in [0.2, 0.25) is 0 Å². The van der Waals surface area contributed by atoms with Crippen LogP contribution in [-0.2, 0) is 25.5 Å². The van der Waals surface area contributed by atoms with Gasteiger partial charge in [0.25, 0.3) is 5.91 Å². The summed E-state index contributed by atoms with van der Waals surface area (Å²) in [6, 6.07) is 7.01. The van der Waals surface area contributed by atoms with Gasteiger partial charge in [-0.2, -0.15) is 0 Å². The second-order valence-electron chi connectivity index (χ2n) is 7.86. The van der Waals surface area contributed by atoms with Gasteiger partial charge in [-0.05, 0) is 51.7 Å². The van der Waals surface area contributed by atoms with Crippen LogP contribution in [-0.4, -0.2) is 54.2 Å². The van der Waals surface area contributed by atoms with E-state index in [4.69, 9.17) is 9.47 Å².